The highest BCUT2D eigenvalue weighted by molar-refractivity contribution is 5.00. The first-order chi connectivity index (χ1) is 5.86. The van der Waals surface area contributed by atoms with Crippen LogP contribution in [0.4, 0.5) is 0 Å². The Balaban J connectivity index is 2.32. The van der Waals surface area contributed by atoms with Crippen LogP contribution in [-0.2, 0) is 0 Å². The summed E-state index contributed by atoms with van der Waals surface area (Å²) in [7, 11) is 0. The smallest absolute Gasteiger partial charge is 0.0218 e. The molecular weight excluding hydrogens is 148 g/mol. The first-order valence-corrected chi connectivity index (χ1v) is 4.75. The maximum atomic E-state index is 2.21. The molecule has 0 aromatic rings. The molecule has 1 aliphatic heterocycles. The Kier molecular flexibility index (Phi) is 3.71. The number of nitrogens with zero attached hydrogens (tertiary/aromatic N) is 2. The number of hydrogen-bond donors (Lipinski definition) is 0. The summed E-state index contributed by atoms with van der Waals surface area (Å²) in [4.78, 5) is 4.43. The van der Waals surface area contributed by atoms with Gasteiger partial charge in [0.25, 0.3) is 0 Å². The molecule has 68 valence electrons. The third kappa shape index (κ3) is 2.61. The van der Waals surface area contributed by atoms with Crippen LogP contribution < -0.4 is 0 Å². The van der Waals surface area contributed by atoms with Crippen molar-refractivity contribution in [2.75, 3.05) is 13.1 Å². The molecule has 1 heterocycles. The lowest BCUT2D eigenvalue weighted by molar-refractivity contribution is 0.419. The molecule has 0 amide bonds. The first-order valence-electron chi connectivity index (χ1n) is 4.75. The number of hydrogen-bond acceptors (Lipinski definition) is 2. The van der Waals surface area contributed by atoms with Gasteiger partial charge in [-0.2, -0.15) is 0 Å². The summed E-state index contributed by atoms with van der Waals surface area (Å²) >= 11 is 0. The van der Waals surface area contributed by atoms with E-state index in [-0.39, 0.29) is 0 Å². The molecule has 1 rings (SSSR count). The maximum Gasteiger partial charge on any atom is 0.0218 e. The normalized spacial score (nSPS) is 15.8. The van der Waals surface area contributed by atoms with Crippen LogP contribution >= 0.6 is 0 Å². The summed E-state index contributed by atoms with van der Waals surface area (Å²) in [5, 5.41) is 0. The van der Waals surface area contributed by atoms with Gasteiger partial charge in [0.15, 0.2) is 0 Å². The monoisotopic (exact) mass is 166 g/mol. The molecule has 0 aromatic carbocycles. The topological polar surface area (TPSA) is 6.48 Å². The lowest BCUT2D eigenvalue weighted by Crippen LogP contribution is -2.20. The molecule has 0 aromatic heterocycles. The van der Waals surface area contributed by atoms with Crippen LogP contribution in [0.1, 0.15) is 26.7 Å². The highest BCUT2D eigenvalue weighted by Gasteiger charge is 2.00. The molecule has 0 saturated heterocycles. The largest absolute Gasteiger partial charge is 0.351 e. The van der Waals surface area contributed by atoms with Crippen LogP contribution in [0.3, 0.4) is 0 Å². The molecule has 12 heavy (non-hydrogen) atoms. The van der Waals surface area contributed by atoms with Gasteiger partial charge < -0.3 is 9.80 Å². The minimum atomic E-state index is 1.12. The van der Waals surface area contributed by atoms with Gasteiger partial charge in [0.1, 0.15) is 0 Å². The van der Waals surface area contributed by atoms with Gasteiger partial charge in [0.2, 0.25) is 0 Å². The van der Waals surface area contributed by atoms with Gasteiger partial charge in [-0.3, -0.25) is 0 Å². The van der Waals surface area contributed by atoms with E-state index in [4.69, 9.17) is 0 Å². The quantitative estimate of drug-likeness (QED) is 0.632. The Hall–Kier alpha value is -0.920. The van der Waals surface area contributed by atoms with Gasteiger partial charge in [-0.05, 0) is 12.8 Å². The van der Waals surface area contributed by atoms with E-state index >= 15 is 0 Å². The molecule has 2 heteroatoms. The third-order valence-electron chi connectivity index (χ3n) is 1.86. The third-order valence-corrected chi connectivity index (χ3v) is 1.86. The predicted molar refractivity (Wildman–Crippen MR) is 52.3 cm³/mol. The zero-order valence-electron chi connectivity index (χ0n) is 8.03. The van der Waals surface area contributed by atoms with Crippen molar-refractivity contribution in [3.05, 3.63) is 24.8 Å². The van der Waals surface area contributed by atoms with E-state index < -0.39 is 0 Å². The molecule has 0 unspecified atom stereocenters. The van der Waals surface area contributed by atoms with Crippen LogP contribution in [0.25, 0.3) is 0 Å². The molecule has 0 atom stereocenters. The van der Waals surface area contributed by atoms with Gasteiger partial charge in [0.05, 0.1) is 0 Å². The Bertz CT molecular complexity index is 141. The molecule has 1 aliphatic rings. The van der Waals surface area contributed by atoms with Crippen molar-refractivity contribution < 1.29 is 0 Å². The van der Waals surface area contributed by atoms with E-state index in [1.807, 2.05) is 0 Å². The first kappa shape index (κ1) is 9.17. The molecule has 2 nitrogen and oxygen atoms in total. The Labute approximate surface area is 75.2 Å². The highest BCUT2D eigenvalue weighted by atomic mass is 15.2. The van der Waals surface area contributed by atoms with Crippen LogP contribution in [0.5, 0.6) is 0 Å². The number of rotatable bonds is 4. The maximum absolute atomic E-state index is 2.21. The summed E-state index contributed by atoms with van der Waals surface area (Å²) in [6, 6.07) is 0. The molecule has 0 saturated carbocycles. The van der Waals surface area contributed by atoms with Gasteiger partial charge in [-0.25, -0.2) is 0 Å². The van der Waals surface area contributed by atoms with Gasteiger partial charge in [-0.1, -0.05) is 13.8 Å². The van der Waals surface area contributed by atoms with Gasteiger partial charge in [0, 0.05) is 37.9 Å². The summed E-state index contributed by atoms with van der Waals surface area (Å²) in [5.41, 5.74) is 0. The van der Waals surface area contributed by atoms with Crippen LogP contribution in [0.2, 0.25) is 0 Å². The van der Waals surface area contributed by atoms with E-state index in [9.17, 15) is 0 Å². The zero-order chi connectivity index (χ0) is 8.81. The fourth-order valence-corrected chi connectivity index (χ4v) is 1.26. The minimum Gasteiger partial charge on any atom is -0.351 e. The second kappa shape index (κ2) is 4.86. The molecule has 0 radical (unpaired) electrons. The molecule has 0 bridgehead atoms. The Morgan fingerprint density at radius 1 is 0.750 bits per heavy atom. The van der Waals surface area contributed by atoms with Crippen molar-refractivity contribution in [3.8, 4) is 0 Å². The summed E-state index contributed by atoms with van der Waals surface area (Å²) in [5.74, 6) is 0. The predicted octanol–water partition coefficient (Wildman–Crippen LogP) is 2.37. The fourth-order valence-electron chi connectivity index (χ4n) is 1.26. The molecular formula is C10H18N2. The molecule has 0 N–H and O–H groups in total. The lowest BCUT2D eigenvalue weighted by Gasteiger charge is -2.24. The molecule has 0 fully saturated rings. The average molecular weight is 166 g/mol. The van der Waals surface area contributed by atoms with E-state index in [0.29, 0.717) is 0 Å². The summed E-state index contributed by atoms with van der Waals surface area (Å²) < 4.78 is 0. The van der Waals surface area contributed by atoms with E-state index in [0.717, 1.165) is 13.1 Å². The van der Waals surface area contributed by atoms with Crippen molar-refractivity contribution >= 4 is 0 Å². The Morgan fingerprint density at radius 2 is 1.08 bits per heavy atom. The van der Waals surface area contributed by atoms with Crippen molar-refractivity contribution in [1.82, 2.24) is 9.80 Å². The minimum absolute atomic E-state index is 1.12. The van der Waals surface area contributed by atoms with Crippen molar-refractivity contribution in [2.45, 2.75) is 26.7 Å². The van der Waals surface area contributed by atoms with Crippen LogP contribution in [0.15, 0.2) is 24.8 Å². The average Bonchev–Trinajstić information content (AvgIpc) is 2.09. The second-order valence-electron chi connectivity index (χ2n) is 3.07. The standard InChI is InChI=1S/C10H18N2/c1-3-5-11-7-9-12(6-4-2)10-8-11/h7-10H,3-6H2,1-2H3. The van der Waals surface area contributed by atoms with E-state index in [2.05, 4.69) is 48.4 Å². The van der Waals surface area contributed by atoms with E-state index in [1.165, 1.54) is 12.8 Å². The van der Waals surface area contributed by atoms with Gasteiger partial charge in [-0.15, -0.1) is 0 Å². The highest BCUT2D eigenvalue weighted by Crippen LogP contribution is 2.05. The SMILES string of the molecule is CCCN1C=CN(CCC)C=C1. The van der Waals surface area contributed by atoms with Crippen molar-refractivity contribution in [3.63, 3.8) is 0 Å². The fraction of sp³-hybridized carbons (Fsp3) is 0.600. The molecule has 0 spiro atoms. The Morgan fingerprint density at radius 3 is 1.33 bits per heavy atom. The van der Waals surface area contributed by atoms with Crippen molar-refractivity contribution in [1.29, 1.82) is 0 Å². The van der Waals surface area contributed by atoms with Crippen molar-refractivity contribution in [2.24, 2.45) is 0 Å². The van der Waals surface area contributed by atoms with Gasteiger partial charge >= 0.3 is 0 Å². The van der Waals surface area contributed by atoms with Crippen LogP contribution in [0, 0.1) is 0 Å². The summed E-state index contributed by atoms with van der Waals surface area (Å²) in [6.07, 6.45) is 10.9. The molecule has 0 aliphatic carbocycles. The lowest BCUT2D eigenvalue weighted by atomic mass is 10.4. The summed E-state index contributed by atoms with van der Waals surface area (Å²) in [6.45, 7) is 6.63. The van der Waals surface area contributed by atoms with E-state index in [1.54, 1.807) is 0 Å². The van der Waals surface area contributed by atoms with Crippen LogP contribution in [-0.4, -0.2) is 22.9 Å². The zero-order valence-corrected chi connectivity index (χ0v) is 8.03. The second-order valence-corrected chi connectivity index (χ2v) is 3.07.